The van der Waals surface area contributed by atoms with Crippen LogP contribution in [0.1, 0.15) is 13.3 Å². The number of hydrogen-bond donors (Lipinski definition) is 2. The summed E-state index contributed by atoms with van der Waals surface area (Å²) < 4.78 is 1.10. The molecule has 0 atom stereocenters. The van der Waals surface area contributed by atoms with Gasteiger partial charge < -0.3 is 10.6 Å². The van der Waals surface area contributed by atoms with Gasteiger partial charge in [0.05, 0.1) is 15.7 Å². The molecule has 3 nitrogen and oxygen atoms in total. The molecule has 0 unspecified atom stereocenters. The molecule has 6 heteroatoms. The van der Waals surface area contributed by atoms with Crippen molar-refractivity contribution in [3.8, 4) is 0 Å². The predicted octanol–water partition coefficient (Wildman–Crippen LogP) is 5.56. The number of rotatable bonds is 5. The highest BCUT2D eigenvalue weighted by molar-refractivity contribution is 14.1. The van der Waals surface area contributed by atoms with E-state index in [0.717, 1.165) is 22.2 Å². The number of anilines is 3. The summed E-state index contributed by atoms with van der Waals surface area (Å²) in [4.78, 5) is 4.46. The molecule has 1 aromatic carbocycles. The van der Waals surface area contributed by atoms with Crippen LogP contribution in [0.15, 0.2) is 30.3 Å². The first-order chi connectivity index (χ1) is 9.61. The molecule has 1 heterocycles. The van der Waals surface area contributed by atoms with Crippen LogP contribution in [-0.4, -0.2) is 11.5 Å². The van der Waals surface area contributed by atoms with Crippen molar-refractivity contribution >= 4 is 63.1 Å². The summed E-state index contributed by atoms with van der Waals surface area (Å²) >= 11 is 14.6. The second kappa shape index (κ2) is 7.33. The van der Waals surface area contributed by atoms with Crippen molar-refractivity contribution in [1.82, 2.24) is 4.98 Å². The van der Waals surface area contributed by atoms with E-state index < -0.39 is 0 Å². The number of benzene rings is 1. The molecule has 0 aliphatic heterocycles. The molecule has 2 N–H and O–H groups in total. The quantitative estimate of drug-likeness (QED) is 0.620. The van der Waals surface area contributed by atoms with E-state index in [-0.39, 0.29) is 0 Å². The molecular weight excluding hydrogens is 408 g/mol. The molecule has 0 aliphatic carbocycles. The van der Waals surface area contributed by atoms with Gasteiger partial charge in [0.25, 0.3) is 0 Å². The second-order valence-corrected chi connectivity index (χ2v) is 6.16. The number of hydrogen-bond acceptors (Lipinski definition) is 3. The van der Waals surface area contributed by atoms with Gasteiger partial charge in [0.1, 0.15) is 5.82 Å². The molecule has 0 saturated carbocycles. The van der Waals surface area contributed by atoms with Crippen LogP contribution in [-0.2, 0) is 0 Å². The van der Waals surface area contributed by atoms with Gasteiger partial charge in [-0.05, 0) is 47.2 Å². The third-order valence-electron chi connectivity index (χ3n) is 2.60. The number of pyridine rings is 1. The van der Waals surface area contributed by atoms with E-state index in [4.69, 9.17) is 23.2 Å². The van der Waals surface area contributed by atoms with Gasteiger partial charge in [0, 0.05) is 10.1 Å². The Morgan fingerprint density at radius 3 is 2.55 bits per heavy atom. The number of nitrogens with zero attached hydrogens (tertiary/aromatic N) is 1. The second-order valence-electron chi connectivity index (χ2n) is 4.18. The highest BCUT2D eigenvalue weighted by atomic mass is 127. The Hall–Kier alpha value is -0.720. The van der Waals surface area contributed by atoms with E-state index in [0.29, 0.717) is 21.7 Å². The predicted molar refractivity (Wildman–Crippen MR) is 95.5 cm³/mol. The fourth-order valence-electron chi connectivity index (χ4n) is 1.61. The van der Waals surface area contributed by atoms with Crippen molar-refractivity contribution in [2.45, 2.75) is 13.3 Å². The highest BCUT2D eigenvalue weighted by Crippen LogP contribution is 2.32. The summed E-state index contributed by atoms with van der Waals surface area (Å²) in [5, 5.41) is 7.44. The molecule has 0 saturated heterocycles. The maximum atomic E-state index is 6.20. The van der Waals surface area contributed by atoms with Gasteiger partial charge in [-0.1, -0.05) is 42.3 Å². The van der Waals surface area contributed by atoms with E-state index in [1.165, 1.54) is 0 Å². The Bertz CT molecular complexity index is 605. The Morgan fingerprint density at radius 1 is 1.15 bits per heavy atom. The first-order valence-corrected chi connectivity index (χ1v) is 8.06. The summed E-state index contributed by atoms with van der Waals surface area (Å²) in [6.07, 6.45) is 1.000. The Kier molecular flexibility index (Phi) is 5.74. The maximum absolute atomic E-state index is 6.20. The minimum absolute atomic E-state index is 0.497. The normalized spacial score (nSPS) is 10.4. The standard InChI is InChI=1S/C14H14Cl2IN3/c1-2-7-18-13-9(15)8-10(16)14(20-13)19-12-6-4-3-5-11(12)17/h3-6,8H,2,7H2,1H3,(H2,18,19,20). The number of nitrogens with one attached hydrogen (secondary N) is 2. The topological polar surface area (TPSA) is 37.0 Å². The third kappa shape index (κ3) is 3.90. The zero-order chi connectivity index (χ0) is 14.5. The van der Waals surface area contributed by atoms with Crippen molar-refractivity contribution < 1.29 is 0 Å². The fraction of sp³-hybridized carbons (Fsp3) is 0.214. The van der Waals surface area contributed by atoms with Crippen LogP contribution in [0.2, 0.25) is 10.0 Å². The van der Waals surface area contributed by atoms with Crippen molar-refractivity contribution in [1.29, 1.82) is 0 Å². The third-order valence-corrected chi connectivity index (χ3v) is 4.12. The van der Waals surface area contributed by atoms with Gasteiger partial charge in [0.2, 0.25) is 0 Å². The van der Waals surface area contributed by atoms with Crippen LogP contribution in [0.3, 0.4) is 0 Å². The summed E-state index contributed by atoms with van der Waals surface area (Å²) in [6.45, 7) is 2.90. The first-order valence-electron chi connectivity index (χ1n) is 6.23. The molecule has 2 rings (SSSR count). The first kappa shape index (κ1) is 15.7. The van der Waals surface area contributed by atoms with Crippen LogP contribution in [0.25, 0.3) is 0 Å². The smallest absolute Gasteiger partial charge is 0.151 e. The lowest BCUT2D eigenvalue weighted by molar-refractivity contribution is 0.970. The molecule has 0 amide bonds. The van der Waals surface area contributed by atoms with E-state index in [9.17, 15) is 0 Å². The zero-order valence-electron chi connectivity index (χ0n) is 10.9. The van der Waals surface area contributed by atoms with Gasteiger partial charge in [0.15, 0.2) is 5.82 Å². The fourth-order valence-corrected chi connectivity index (χ4v) is 2.61. The van der Waals surface area contributed by atoms with E-state index in [1.54, 1.807) is 6.07 Å². The highest BCUT2D eigenvalue weighted by Gasteiger charge is 2.10. The minimum atomic E-state index is 0.497. The van der Waals surface area contributed by atoms with Crippen molar-refractivity contribution in [3.63, 3.8) is 0 Å². The lowest BCUT2D eigenvalue weighted by atomic mass is 10.3. The lowest BCUT2D eigenvalue weighted by Gasteiger charge is -2.13. The van der Waals surface area contributed by atoms with Gasteiger partial charge >= 0.3 is 0 Å². The van der Waals surface area contributed by atoms with Crippen molar-refractivity contribution in [3.05, 3.63) is 43.9 Å². The van der Waals surface area contributed by atoms with Gasteiger partial charge in [-0.2, -0.15) is 0 Å². The average molecular weight is 422 g/mol. The molecule has 0 aliphatic rings. The molecule has 0 spiro atoms. The van der Waals surface area contributed by atoms with E-state index in [1.807, 2.05) is 24.3 Å². The van der Waals surface area contributed by atoms with Gasteiger partial charge in [-0.15, -0.1) is 0 Å². The molecule has 1 aromatic heterocycles. The molecule has 0 radical (unpaired) electrons. The van der Waals surface area contributed by atoms with E-state index >= 15 is 0 Å². The Morgan fingerprint density at radius 2 is 1.85 bits per heavy atom. The largest absolute Gasteiger partial charge is 0.369 e. The molecule has 2 aromatic rings. The molecule has 20 heavy (non-hydrogen) atoms. The summed E-state index contributed by atoms with van der Waals surface area (Å²) in [5.74, 6) is 1.24. The zero-order valence-corrected chi connectivity index (χ0v) is 14.6. The molecule has 0 bridgehead atoms. The maximum Gasteiger partial charge on any atom is 0.151 e. The van der Waals surface area contributed by atoms with Crippen LogP contribution >= 0.6 is 45.8 Å². The summed E-state index contributed by atoms with van der Waals surface area (Å²) in [6, 6.07) is 9.64. The van der Waals surface area contributed by atoms with Gasteiger partial charge in [-0.25, -0.2) is 4.98 Å². The number of halogens is 3. The van der Waals surface area contributed by atoms with E-state index in [2.05, 4.69) is 45.1 Å². The lowest BCUT2D eigenvalue weighted by Crippen LogP contribution is -2.05. The average Bonchev–Trinajstić information content (AvgIpc) is 2.43. The summed E-state index contributed by atoms with van der Waals surface area (Å²) in [5.41, 5.74) is 0.964. The molecule has 106 valence electrons. The van der Waals surface area contributed by atoms with Crippen molar-refractivity contribution in [2.75, 3.05) is 17.2 Å². The van der Waals surface area contributed by atoms with Crippen LogP contribution < -0.4 is 10.6 Å². The minimum Gasteiger partial charge on any atom is -0.369 e. The number of para-hydroxylation sites is 1. The Balaban J connectivity index is 2.29. The Labute approximate surface area is 142 Å². The SMILES string of the molecule is CCCNc1nc(Nc2ccccc2I)c(Cl)cc1Cl. The van der Waals surface area contributed by atoms with Crippen molar-refractivity contribution in [2.24, 2.45) is 0 Å². The van der Waals surface area contributed by atoms with Crippen LogP contribution in [0, 0.1) is 3.57 Å². The van der Waals surface area contributed by atoms with Crippen LogP contribution in [0.5, 0.6) is 0 Å². The molecular formula is C14H14Cl2IN3. The summed E-state index contributed by atoms with van der Waals surface area (Å²) in [7, 11) is 0. The van der Waals surface area contributed by atoms with Crippen LogP contribution in [0.4, 0.5) is 17.3 Å². The molecule has 0 fully saturated rings. The number of aromatic nitrogens is 1. The monoisotopic (exact) mass is 421 g/mol. The van der Waals surface area contributed by atoms with Gasteiger partial charge in [-0.3, -0.25) is 0 Å².